The van der Waals surface area contributed by atoms with E-state index in [0.717, 1.165) is 30.3 Å². The van der Waals surface area contributed by atoms with Crippen molar-refractivity contribution in [3.05, 3.63) is 24.4 Å². The van der Waals surface area contributed by atoms with Crippen LogP contribution in [0.3, 0.4) is 0 Å². The minimum absolute atomic E-state index is 0.728. The predicted octanol–water partition coefficient (Wildman–Crippen LogP) is 1.55. The molecule has 0 unspecified atom stereocenters. The van der Waals surface area contributed by atoms with Gasteiger partial charge in [-0.25, -0.2) is 4.98 Å². The second kappa shape index (κ2) is 3.09. The molecule has 0 amide bonds. The van der Waals surface area contributed by atoms with Gasteiger partial charge in [-0.05, 0) is 11.6 Å². The van der Waals surface area contributed by atoms with Crippen LogP contribution < -0.4 is 9.64 Å². The molecule has 0 radical (unpaired) electrons. The monoisotopic (exact) mass is 176 g/mol. The van der Waals surface area contributed by atoms with Crippen LogP contribution in [-0.4, -0.2) is 25.2 Å². The van der Waals surface area contributed by atoms with Crippen molar-refractivity contribution in [2.75, 3.05) is 25.1 Å². The van der Waals surface area contributed by atoms with E-state index in [1.54, 1.807) is 12.3 Å². The predicted molar refractivity (Wildman–Crippen MR) is 53.1 cm³/mol. The minimum atomic E-state index is 0.728. The van der Waals surface area contributed by atoms with Crippen LogP contribution in [-0.2, 0) is 0 Å². The van der Waals surface area contributed by atoms with Gasteiger partial charge in [-0.3, -0.25) is 0 Å². The number of likely N-dealkylation sites (N-methyl/N-ethyl adjacent to an activating group) is 1. The first-order chi connectivity index (χ1) is 6.31. The third-order valence-corrected chi connectivity index (χ3v) is 2.14. The number of aromatic nitrogens is 1. The maximum atomic E-state index is 5.48. The number of hydrogen-bond acceptors (Lipinski definition) is 3. The minimum Gasteiger partial charge on any atom is -0.488 e. The van der Waals surface area contributed by atoms with Crippen molar-refractivity contribution in [1.29, 1.82) is 0 Å². The number of ether oxygens (including phenoxy) is 1. The molecule has 2 heterocycles. The van der Waals surface area contributed by atoms with E-state index in [1.165, 1.54) is 0 Å². The topological polar surface area (TPSA) is 25.4 Å². The molecule has 3 heteroatoms. The molecule has 0 atom stereocenters. The highest BCUT2D eigenvalue weighted by atomic mass is 16.5. The molecule has 1 aromatic rings. The summed E-state index contributed by atoms with van der Waals surface area (Å²) in [5, 5.41) is 0. The summed E-state index contributed by atoms with van der Waals surface area (Å²) < 4.78 is 5.48. The Morgan fingerprint density at radius 1 is 1.69 bits per heavy atom. The first-order valence-corrected chi connectivity index (χ1v) is 4.27. The standard InChI is InChI=1S/C10H12N2O/c1-3-8-6-9-10(11-7-8)12(2)4-5-13-9/h3,6-7H,1,4-5H2,2H3. The van der Waals surface area contributed by atoms with Gasteiger partial charge in [0.05, 0.1) is 6.54 Å². The van der Waals surface area contributed by atoms with Gasteiger partial charge in [-0.1, -0.05) is 12.7 Å². The lowest BCUT2D eigenvalue weighted by Gasteiger charge is -2.26. The summed E-state index contributed by atoms with van der Waals surface area (Å²) in [7, 11) is 2.02. The summed E-state index contributed by atoms with van der Waals surface area (Å²) in [6.45, 7) is 5.31. The molecule has 0 bridgehead atoms. The third-order valence-electron chi connectivity index (χ3n) is 2.14. The number of nitrogens with zero attached hydrogens (tertiary/aromatic N) is 2. The molecular formula is C10H12N2O. The largest absolute Gasteiger partial charge is 0.488 e. The van der Waals surface area contributed by atoms with Gasteiger partial charge in [0, 0.05) is 13.2 Å². The summed E-state index contributed by atoms with van der Waals surface area (Å²) in [4.78, 5) is 6.39. The van der Waals surface area contributed by atoms with Crippen LogP contribution in [0, 0.1) is 0 Å². The van der Waals surface area contributed by atoms with Gasteiger partial charge in [-0.15, -0.1) is 0 Å². The van der Waals surface area contributed by atoms with Gasteiger partial charge in [0.1, 0.15) is 6.61 Å². The van der Waals surface area contributed by atoms with E-state index in [1.807, 2.05) is 13.1 Å². The molecule has 0 fully saturated rings. The molecule has 3 nitrogen and oxygen atoms in total. The van der Waals surface area contributed by atoms with Gasteiger partial charge in [0.15, 0.2) is 11.6 Å². The summed E-state index contributed by atoms with van der Waals surface area (Å²) in [6.07, 6.45) is 3.57. The van der Waals surface area contributed by atoms with Crippen LogP contribution in [0.2, 0.25) is 0 Å². The highest BCUT2D eigenvalue weighted by Crippen LogP contribution is 2.28. The van der Waals surface area contributed by atoms with Gasteiger partial charge in [-0.2, -0.15) is 0 Å². The zero-order valence-corrected chi connectivity index (χ0v) is 7.66. The SMILES string of the molecule is C=Cc1cnc2c(c1)OCCN2C. The zero-order valence-electron chi connectivity index (χ0n) is 7.66. The van der Waals surface area contributed by atoms with E-state index >= 15 is 0 Å². The Kier molecular flexibility index (Phi) is 1.93. The van der Waals surface area contributed by atoms with Crippen LogP contribution >= 0.6 is 0 Å². The molecular weight excluding hydrogens is 164 g/mol. The smallest absolute Gasteiger partial charge is 0.171 e. The average Bonchev–Trinajstić information content (AvgIpc) is 2.18. The Morgan fingerprint density at radius 3 is 3.31 bits per heavy atom. The molecule has 1 aliphatic rings. The van der Waals surface area contributed by atoms with E-state index in [9.17, 15) is 0 Å². The van der Waals surface area contributed by atoms with E-state index in [-0.39, 0.29) is 0 Å². The van der Waals surface area contributed by atoms with E-state index in [4.69, 9.17) is 4.74 Å². The summed E-state index contributed by atoms with van der Waals surface area (Å²) in [5.74, 6) is 1.77. The summed E-state index contributed by atoms with van der Waals surface area (Å²) >= 11 is 0. The lowest BCUT2D eigenvalue weighted by atomic mass is 10.2. The molecule has 13 heavy (non-hydrogen) atoms. The van der Waals surface area contributed by atoms with Gasteiger partial charge >= 0.3 is 0 Å². The highest BCUT2D eigenvalue weighted by Gasteiger charge is 2.15. The number of anilines is 1. The Labute approximate surface area is 77.7 Å². The molecule has 0 aromatic carbocycles. The Balaban J connectivity index is 2.45. The van der Waals surface area contributed by atoms with Gasteiger partial charge in [0.25, 0.3) is 0 Å². The fraction of sp³-hybridized carbons (Fsp3) is 0.300. The lowest BCUT2D eigenvalue weighted by Crippen LogP contribution is -2.29. The molecule has 1 aromatic heterocycles. The fourth-order valence-corrected chi connectivity index (χ4v) is 1.36. The van der Waals surface area contributed by atoms with Crippen molar-refractivity contribution >= 4 is 11.9 Å². The van der Waals surface area contributed by atoms with Crippen LogP contribution in [0.25, 0.3) is 6.08 Å². The molecule has 1 aliphatic heterocycles. The maximum absolute atomic E-state index is 5.48. The van der Waals surface area contributed by atoms with Crippen molar-refractivity contribution in [3.63, 3.8) is 0 Å². The number of pyridine rings is 1. The number of hydrogen-bond donors (Lipinski definition) is 0. The van der Waals surface area contributed by atoms with Crippen LogP contribution in [0.1, 0.15) is 5.56 Å². The van der Waals surface area contributed by atoms with Crippen LogP contribution in [0.15, 0.2) is 18.8 Å². The summed E-state index contributed by atoms with van der Waals surface area (Å²) in [5.41, 5.74) is 0.994. The van der Waals surface area contributed by atoms with Crippen LogP contribution in [0.5, 0.6) is 5.75 Å². The molecule has 0 spiro atoms. The highest BCUT2D eigenvalue weighted by molar-refractivity contribution is 5.59. The van der Waals surface area contributed by atoms with E-state index in [0.29, 0.717) is 0 Å². The molecule has 0 aliphatic carbocycles. The average molecular weight is 176 g/mol. The van der Waals surface area contributed by atoms with Crippen molar-refractivity contribution in [1.82, 2.24) is 4.98 Å². The second-order valence-corrected chi connectivity index (χ2v) is 3.06. The normalized spacial score (nSPS) is 14.7. The van der Waals surface area contributed by atoms with E-state index in [2.05, 4.69) is 16.5 Å². The Hall–Kier alpha value is -1.51. The quantitative estimate of drug-likeness (QED) is 0.649. The Bertz CT molecular complexity index is 336. The van der Waals surface area contributed by atoms with Crippen molar-refractivity contribution in [2.24, 2.45) is 0 Å². The lowest BCUT2D eigenvalue weighted by molar-refractivity contribution is 0.309. The third kappa shape index (κ3) is 1.37. The van der Waals surface area contributed by atoms with Gasteiger partial charge < -0.3 is 9.64 Å². The molecule has 2 rings (SSSR count). The molecule has 0 saturated heterocycles. The van der Waals surface area contributed by atoms with Crippen molar-refractivity contribution in [2.45, 2.75) is 0 Å². The molecule has 68 valence electrons. The maximum Gasteiger partial charge on any atom is 0.171 e. The van der Waals surface area contributed by atoms with Gasteiger partial charge in [0.2, 0.25) is 0 Å². The number of rotatable bonds is 1. The first-order valence-electron chi connectivity index (χ1n) is 4.27. The van der Waals surface area contributed by atoms with Crippen molar-refractivity contribution < 1.29 is 4.74 Å². The second-order valence-electron chi connectivity index (χ2n) is 3.06. The fourth-order valence-electron chi connectivity index (χ4n) is 1.36. The first kappa shape index (κ1) is 8.10. The molecule has 0 saturated carbocycles. The van der Waals surface area contributed by atoms with Crippen LogP contribution in [0.4, 0.5) is 5.82 Å². The van der Waals surface area contributed by atoms with E-state index < -0.39 is 0 Å². The zero-order chi connectivity index (χ0) is 9.26. The molecule has 0 N–H and O–H groups in total. The van der Waals surface area contributed by atoms with Crippen molar-refractivity contribution in [3.8, 4) is 5.75 Å². The summed E-state index contributed by atoms with van der Waals surface area (Å²) in [6, 6.07) is 1.96. The number of fused-ring (bicyclic) bond motifs is 1. The Morgan fingerprint density at radius 2 is 2.54 bits per heavy atom.